The third-order valence-corrected chi connectivity index (χ3v) is 4.14. The molecule has 0 aliphatic rings. The predicted octanol–water partition coefficient (Wildman–Crippen LogP) is 4.14. The second-order valence-electron chi connectivity index (χ2n) is 4.89. The van der Waals surface area contributed by atoms with Crippen LogP contribution in [0.4, 0.5) is 0 Å². The number of carbonyl (C=O) groups is 2. The topological polar surface area (TPSA) is 55.4 Å². The van der Waals surface area contributed by atoms with Crippen molar-refractivity contribution in [1.82, 2.24) is 5.32 Å². The normalized spacial score (nSPS) is 11.6. The first-order chi connectivity index (χ1) is 11.0. The Hall–Kier alpha value is -1.85. The van der Waals surface area contributed by atoms with Crippen molar-refractivity contribution >= 4 is 39.4 Å². The number of benzene rings is 2. The van der Waals surface area contributed by atoms with Crippen LogP contribution in [0.15, 0.2) is 53.0 Å². The fourth-order valence-electron chi connectivity index (χ4n) is 1.99. The van der Waals surface area contributed by atoms with Gasteiger partial charge < -0.3 is 10.1 Å². The molecule has 0 bridgehead atoms. The van der Waals surface area contributed by atoms with Crippen LogP contribution in [-0.2, 0) is 9.53 Å². The molecule has 0 saturated heterocycles. The van der Waals surface area contributed by atoms with E-state index in [0.29, 0.717) is 10.6 Å². The maximum atomic E-state index is 11.9. The van der Waals surface area contributed by atoms with E-state index in [9.17, 15) is 9.59 Å². The molecule has 1 amide bonds. The van der Waals surface area contributed by atoms with Crippen molar-refractivity contribution < 1.29 is 14.3 Å². The van der Waals surface area contributed by atoms with Gasteiger partial charge in [0.1, 0.15) is 0 Å². The summed E-state index contributed by atoms with van der Waals surface area (Å²) in [5.41, 5.74) is 1.30. The van der Waals surface area contributed by atoms with Crippen LogP contribution in [0.5, 0.6) is 0 Å². The van der Waals surface area contributed by atoms with E-state index in [1.165, 1.54) is 0 Å². The van der Waals surface area contributed by atoms with Gasteiger partial charge in [0.25, 0.3) is 5.91 Å². The van der Waals surface area contributed by atoms with Crippen molar-refractivity contribution in [2.24, 2.45) is 0 Å². The van der Waals surface area contributed by atoms with Gasteiger partial charge in [-0.2, -0.15) is 0 Å². The quantitative estimate of drug-likeness (QED) is 0.773. The Morgan fingerprint density at radius 1 is 1.17 bits per heavy atom. The molecule has 0 saturated carbocycles. The Morgan fingerprint density at radius 2 is 1.83 bits per heavy atom. The van der Waals surface area contributed by atoms with Gasteiger partial charge in [0.2, 0.25) is 0 Å². The summed E-state index contributed by atoms with van der Waals surface area (Å²) < 4.78 is 5.90. The number of esters is 1. The Kier molecular flexibility index (Phi) is 6.19. The van der Waals surface area contributed by atoms with Gasteiger partial charge in [0.15, 0.2) is 6.61 Å². The average molecular weight is 397 g/mol. The molecule has 0 aromatic heterocycles. The molecule has 2 aromatic rings. The predicted molar refractivity (Wildman–Crippen MR) is 92.4 cm³/mol. The fraction of sp³-hybridized carbons (Fsp3) is 0.176. The van der Waals surface area contributed by atoms with Crippen molar-refractivity contribution in [2.75, 3.05) is 6.61 Å². The Labute approximate surface area is 147 Å². The third-order valence-electron chi connectivity index (χ3n) is 3.16. The number of hydrogen-bond donors (Lipinski definition) is 1. The van der Waals surface area contributed by atoms with E-state index in [0.717, 1.165) is 10.0 Å². The lowest BCUT2D eigenvalue weighted by atomic mass is 10.1. The van der Waals surface area contributed by atoms with E-state index in [2.05, 4.69) is 21.2 Å². The third kappa shape index (κ3) is 5.08. The minimum absolute atomic E-state index is 0.202. The summed E-state index contributed by atoms with van der Waals surface area (Å²) in [5.74, 6) is -0.930. The summed E-state index contributed by atoms with van der Waals surface area (Å²) >= 11 is 9.19. The Bertz CT molecular complexity index is 703. The molecule has 4 nitrogen and oxygen atoms in total. The van der Waals surface area contributed by atoms with E-state index in [-0.39, 0.29) is 18.6 Å². The summed E-state index contributed by atoms with van der Waals surface area (Å²) in [6.45, 7) is 1.52. The molecule has 120 valence electrons. The number of hydrogen-bond acceptors (Lipinski definition) is 3. The number of halogens is 2. The van der Waals surface area contributed by atoms with Gasteiger partial charge >= 0.3 is 5.97 Å². The standard InChI is InChI=1S/C17H15BrClNO3/c1-11(14-4-2-3-5-15(14)18)20-16(21)10-23-17(22)12-6-8-13(19)9-7-12/h2-9,11H,10H2,1H3,(H,20,21)/t11-/m1/s1. The molecule has 1 N–H and O–H groups in total. The molecule has 23 heavy (non-hydrogen) atoms. The van der Waals surface area contributed by atoms with E-state index in [1.54, 1.807) is 24.3 Å². The number of carbonyl (C=O) groups excluding carboxylic acids is 2. The maximum Gasteiger partial charge on any atom is 0.338 e. The van der Waals surface area contributed by atoms with Gasteiger partial charge in [-0.3, -0.25) is 4.79 Å². The molecule has 0 aliphatic carbocycles. The molecule has 1 atom stereocenters. The lowest BCUT2D eigenvalue weighted by Gasteiger charge is -2.15. The lowest BCUT2D eigenvalue weighted by molar-refractivity contribution is -0.124. The van der Waals surface area contributed by atoms with E-state index < -0.39 is 5.97 Å². The van der Waals surface area contributed by atoms with Crippen LogP contribution in [0.3, 0.4) is 0 Å². The summed E-state index contributed by atoms with van der Waals surface area (Å²) in [6, 6.07) is 13.7. The zero-order valence-corrected chi connectivity index (χ0v) is 14.7. The highest BCUT2D eigenvalue weighted by atomic mass is 79.9. The summed E-state index contributed by atoms with van der Waals surface area (Å²) in [5, 5.41) is 3.31. The van der Waals surface area contributed by atoms with Crippen molar-refractivity contribution in [1.29, 1.82) is 0 Å². The van der Waals surface area contributed by atoms with Crippen molar-refractivity contribution in [2.45, 2.75) is 13.0 Å². The molecule has 0 spiro atoms. The summed E-state index contributed by atoms with van der Waals surface area (Å²) in [6.07, 6.45) is 0. The first-order valence-electron chi connectivity index (χ1n) is 6.94. The minimum atomic E-state index is -0.564. The summed E-state index contributed by atoms with van der Waals surface area (Å²) in [7, 11) is 0. The van der Waals surface area contributed by atoms with Crippen LogP contribution in [0.25, 0.3) is 0 Å². The van der Waals surface area contributed by atoms with Gasteiger partial charge in [-0.25, -0.2) is 4.79 Å². The van der Waals surface area contributed by atoms with Gasteiger partial charge in [-0.15, -0.1) is 0 Å². The van der Waals surface area contributed by atoms with Gasteiger partial charge in [-0.1, -0.05) is 45.7 Å². The van der Waals surface area contributed by atoms with E-state index >= 15 is 0 Å². The van der Waals surface area contributed by atoms with E-state index in [4.69, 9.17) is 16.3 Å². The molecular formula is C17H15BrClNO3. The fourth-order valence-corrected chi connectivity index (χ4v) is 2.74. The van der Waals surface area contributed by atoms with Crippen LogP contribution in [0, 0.1) is 0 Å². The zero-order valence-electron chi connectivity index (χ0n) is 12.4. The van der Waals surface area contributed by atoms with Crippen LogP contribution in [-0.4, -0.2) is 18.5 Å². The van der Waals surface area contributed by atoms with Crippen molar-refractivity contribution in [3.05, 3.63) is 69.2 Å². The van der Waals surface area contributed by atoms with Gasteiger partial charge in [0.05, 0.1) is 11.6 Å². The Balaban J connectivity index is 1.86. The second-order valence-corrected chi connectivity index (χ2v) is 6.18. The van der Waals surface area contributed by atoms with Crippen LogP contribution < -0.4 is 5.32 Å². The first-order valence-corrected chi connectivity index (χ1v) is 8.11. The van der Waals surface area contributed by atoms with Crippen molar-refractivity contribution in [3.63, 3.8) is 0 Å². The maximum absolute atomic E-state index is 11.9. The molecule has 2 rings (SSSR count). The molecular weight excluding hydrogens is 382 g/mol. The number of rotatable bonds is 5. The van der Waals surface area contributed by atoms with E-state index in [1.807, 2.05) is 31.2 Å². The average Bonchev–Trinajstić information content (AvgIpc) is 2.53. The molecule has 0 fully saturated rings. The molecule has 2 aromatic carbocycles. The highest BCUT2D eigenvalue weighted by Crippen LogP contribution is 2.22. The number of amides is 1. The van der Waals surface area contributed by atoms with Crippen LogP contribution in [0.2, 0.25) is 5.02 Å². The molecule has 0 radical (unpaired) electrons. The van der Waals surface area contributed by atoms with Gasteiger partial charge in [-0.05, 0) is 42.8 Å². The SMILES string of the molecule is C[C@@H](NC(=O)COC(=O)c1ccc(Cl)cc1)c1ccccc1Br. The molecule has 0 unspecified atom stereocenters. The van der Waals surface area contributed by atoms with Crippen LogP contribution >= 0.6 is 27.5 Å². The Morgan fingerprint density at radius 3 is 2.48 bits per heavy atom. The monoisotopic (exact) mass is 395 g/mol. The highest BCUT2D eigenvalue weighted by molar-refractivity contribution is 9.10. The second kappa shape index (κ2) is 8.13. The largest absolute Gasteiger partial charge is 0.452 e. The molecule has 6 heteroatoms. The lowest BCUT2D eigenvalue weighted by Crippen LogP contribution is -2.31. The highest BCUT2D eigenvalue weighted by Gasteiger charge is 2.14. The zero-order chi connectivity index (χ0) is 16.8. The van der Waals surface area contributed by atoms with Gasteiger partial charge in [0, 0.05) is 9.50 Å². The molecule has 0 heterocycles. The number of ether oxygens (including phenoxy) is 1. The summed E-state index contributed by atoms with van der Waals surface area (Å²) in [4.78, 5) is 23.7. The van der Waals surface area contributed by atoms with Crippen molar-refractivity contribution in [3.8, 4) is 0 Å². The smallest absolute Gasteiger partial charge is 0.338 e. The number of nitrogens with one attached hydrogen (secondary N) is 1. The molecule has 0 aliphatic heterocycles. The van der Waals surface area contributed by atoms with Crippen LogP contribution in [0.1, 0.15) is 28.9 Å². The first kappa shape index (κ1) is 17.5. The minimum Gasteiger partial charge on any atom is -0.452 e.